The maximum Gasteiger partial charge on any atom is 0.252 e. The fraction of sp³-hybridized carbons (Fsp3) is 0.190. The average molecular weight is 380 g/mol. The van der Waals surface area contributed by atoms with Crippen molar-refractivity contribution in [3.05, 3.63) is 69.5 Å². The van der Waals surface area contributed by atoms with Gasteiger partial charge in [-0.1, -0.05) is 18.2 Å². The number of hydrogen-bond acceptors (Lipinski definition) is 5. The summed E-state index contributed by atoms with van der Waals surface area (Å²) >= 11 is 0. The molecule has 0 saturated carbocycles. The summed E-state index contributed by atoms with van der Waals surface area (Å²) in [6.07, 6.45) is 2.08. The summed E-state index contributed by atoms with van der Waals surface area (Å²) in [5, 5.41) is 23.0. The molecule has 0 unspecified atom stereocenters. The van der Waals surface area contributed by atoms with Crippen LogP contribution in [0.15, 0.2) is 47.4 Å². The predicted octanol–water partition coefficient (Wildman–Crippen LogP) is 2.18. The van der Waals surface area contributed by atoms with Gasteiger partial charge in [0.2, 0.25) is 11.2 Å². The average Bonchev–Trinajstić information content (AvgIpc) is 3.03. The second kappa shape index (κ2) is 7.56. The van der Waals surface area contributed by atoms with Crippen molar-refractivity contribution >= 4 is 22.6 Å². The van der Waals surface area contributed by atoms with Gasteiger partial charge in [-0.3, -0.25) is 14.4 Å². The van der Waals surface area contributed by atoms with Crippen molar-refractivity contribution in [3.8, 4) is 11.5 Å². The van der Waals surface area contributed by atoms with Gasteiger partial charge in [-0.05, 0) is 43.2 Å². The molecule has 0 fully saturated rings. The van der Waals surface area contributed by atoms with Crippen molar-refractivity contribution in [2.24, 2.45) is 0 Å². The van der Waals surface area contributed by atoms with Crippen LogP contribution in [0.5, 0.6) is 11.5 Å². The summed E-state index contributed by atoms with van der Waals surface area (Å²) in [6.45, 7) is 2.90. The van der Waals surface area contributed by atoms with E-state index in [1.165, 1.54) is 13.8 Å². The Morgan fingerprint density at radius 1 is 1.18 bits per heavy atom. The number of H-pyrrole nitrogens is 1. The first kappa shape index (κ1) is 19.2. The van der Waals surface area contributed by atoms with E-state index in [0.29, 0.717) is 0 Å². The van der Waals surface area contributed by atoms with Gasteiger partial charge in [0.25, 0.3) is 5.91 Å². The molecular formula is C21H20N2O5. The molecule has 1 aromatic heterocycles. The smallest absolute Gasteiger partial charge is 0.252 e. The van der Waals surface area contributed by atoms with Gasteiger partial charge >= 0.3 is 0 Å². The molecule has 4 N–H and O–H groups in total. The number of carbonyl (C=O) groups is 2. The zero-order valence-electron chi connectivity index (χ0n) is 15.4. The van der Waals surface area contributed by atoms with Gasteiger partial charge in [0.1, 0.15) is 0 Å². The van der Waals surface area contributed by atoms with E-state index in [1.807, 2.05) is 24.3 Å². The monoisotopic (exact) mass is 380 g/mol. The third-order valence-electron chi connectivity index (χ3n) is 4.67. The van der Waals surface area contributed by atoms with E-state index < -0.39 is 28.9 Å². The molecule has 0 aliphatic rings. The van der Waals surface area contributed by atoms with Crippen LogP contribution in [0, 0.1) is 6.92 Å². The first-order valence-electron chi connectivity index (χ1n) is 8.71. The lowest BCUT2D eigenvalue weighted by molar-refractivity contribution is -0.118. The van der Waals surface area contributed by atoms with E-state index in [4.69, 9.17) is 0 Å². The van der Waals surface area contributed by atoms with Crippen LogP contribution < -0.4 is 10.7 Å². The summed E-state index contributed by atoms with van der Waals surface area (Å²) in [6, 6.07) is 8.93. The lowest BCUT2D eigenvalue weighted by Gasteiger charge is -2.16. The Balaban J connectivity index is 1.90. The van der Waals surface area contributed by atoms with Crippen LogP contribution in [0.25, 0.3) is 10.9 Å². The number of aromatic amines is 1. The molecule has 144 valence electrons. The summed E-state index contributed by atoms with van der Waals surface area (Å²) in [5.74, 6) is -2.38. The molecule has 3 aromatic rings. The first-order chi connectivity index (χ1) is 13.3. The highest BCUT2D eigenvalue weighted by molar-refractivity contribution is 5.99. The molecule has 1 atom stereocenters. The highest BCUT2D eigenvalue weighted by Gasteiger charge is 2.21. The maximum absolute atomic E-state index is 12.7. The number of para-hydroxylation sites is 1. The number of Topliss-reactive ketones (excluding diaryl/α,β-unsaturated/α-hetero) is 1. The number of amides is 1. The van der Waals surface area contributed by atoms with Crippen molar-refractivity contribution in [3.63, 3.8) is 0 Å². The Kier molecular flexibility index (Phi) is 5.17. The minimum Gasteiger partial charge on any atom is -0.504 e. The normalized spacial score (nSPS) is 11.9. The number of aromatic hydroxyl groups is 2. The summed E-state index contributed by atoms with van der Waals surface area (Å²) in [4.78, 5) is 39.7. The molecule has 2 aromatic carbocycles. The molecule has 0 aliphatic carbocycles. The topological polar surface area (TPSA) is 119 Å². The molecule has 0 saturated heterocycles. The van der Waals surface area contributed by atoms with Crippen LogP contribution in [-0.2, 0) is 11.2 Å². The number of aromatic nitrogens is 1. The molecule has 1 heterocycles. The Hall–Kier alpha value is -3.61. The van der Waals surface area contributed by atoms with Crippen molar-refractivity contribution in [1.82, 2.24) is 10.3 Å². The summed E-state index contributed by atoms with van der Waals surface area (Å²) in [5.41, 5.74) is 1.29. The summed E-state index contributed by atoms with van der Waals surface area (Å²) in [7, 11) is 0. The highest BCUT2D eigenvalue weighted by Crippen LogP contribution is 2.22. The SMILES string of the molecule is CC(=O)[C@H](Cc1c[nH]c2ccccc12)NC(=O)c1cc(O)c(O)c(=O)cc1C. The van der Waals surface area contributed by atoms with E-state index in [-0.39, 0.29) is 23.3 Å². The van der Waals surface area contributed by atoms with Gasteiger partial charge in [-0.2, -0.15) is 0 Å². The zero-order valence-corrected chi connectivity index (χ0v) is 15.4. The largest absolute Gasteiger partial charge is 0.504 e. The molecule has 0 radical (unpaired) electrons. The van der Waals surface area contributed by atoms with Gasteiger partial charge in [0.05, 0.1) is 6.04 Å². The van der Waals surface area contributed by atoms with E-state index in [2.05, 4.69) is 10.3 Å². The number of rotatable bonds is 5. The number of nitrogens with one attached hydrogen (secondary N) is 2. The second-order valence-electron chi connectivity index (χ2n) is 6.68. The molecule has 0 bridgehead atoms. The molecular weight excluding hydrogens is 360 g/mol. The van der Waals surface area contributed by atoms with Gasteiger partial charge in [0, 0.05) is 29.1 Å². The summed E-state index contributed by atoms with van der Waals surface area (Å²) < 4.78 is 0. The molecule has 7 heteroatoms. The Morgan fingerprint density at radius 3 is 2.61 bits per heavy atom. The van der Waals surface area contributed by atoms with Crippen LogP contribution in [0.1, 0.15) is 28.4 Å². The van der Waals surface area contributed by atoms with Gasteiger partial charge < -0.3 is 20.5 Å². The molecule has 1 amide bonds. The highest BCUT2D eigenvalue weighted by atomic mass is 16.3. The zero-order chi connectivity index (χ0) is 20.4. The van der Waals surface area contributed by atoms with Crippen LogP contribution in [0.4, 0.5) is 0 Å². The Bertz CT molecular complexity index is 1130. The van der Waals surface area contributed by atoms with Gasteiger partial charge in [-0.25, -0.2) is 0 Å². The maximum atomic E-state index is 12.7. The number of aryl methyl sites for hydroxylation is 1. The van der Waals surface area contributed by atoms with E-state index in [9.17, 15) is 24.6 Å². The van der Waals surface area contributed by atoms with Crippen LogP contribution in [-0.4, -0.2) is 32.9 Å². The quantitative estimate of drug-likeness (QED) is 0.541. The minimum atomic E-state index is -0.830. The van der Waals surface area contributed by atoms with Gasteiger partial charge in [-0.15, -0.1) is 0 Å². The number of ketones is 1. The second-order valence-corrected chi connectivity index (χ2v) is 6.68. The predicted molar refractivity (Wildman–Crippen MR) is 105 cm³/mol. The van der Waals surface area contributed by atoms with Crippen molar-refractivity contribution < 1.29 is 19.8 Å². The van der Waals surface area contributed by atoms with Gasteiger partial charge in [0.15, 0.2) is 11.5 Å². The molecule has 0 spiro atoms. The number of benzene rings is 1. The van der Waals surface area contributed by atoms with E-state index >= 15 is 0 Å². The molecule has 28 heavy (non-hydrogen) atoms. The Morgan fingerprint density at radius 2 is 1.89 bits per heavy atom. The third kappa shape index (κ3) is 3.73. The van der Waals surface area contributed by atoms with Crippen LogP contribution in [0.2, 0.25) is 0 Å². The van der Waals surface area contributed by atoms with Crippen LogP contribution >= 0.6 is 0 Å². The van der Waals surface area contributed by atoms with Crippen molar-refractivity contribution in [2.75, 3.05) is 0 Å². The molecule has 3 rings (SSSR count). The number of hydrogen-bond donors (Lipinski definition) is 4. The Labute approximate surface area is 160 Å². The lowest BCUT2D eigenvalue weighted by Crippen LogP contribution is -2.41. The fourth-order valence-corrected chi connectivity index (χ4v) is 3.09. The first-order valence-corrected chi connectivity index (χ1v) is 8.71. The lowest BCUT2D eigenvalue weighted by atomic mass is 10.0. The van der Waals surface area contributed by atoms with Crippen molar-refractivity contribution in [2.45, 2.75) is 26.3 Å². The van der Waals surface area contributed by atoms with E-state index in [0.717, 1.165) is 28.6 Å². The standard InChI is InChI=1S/C21H20N2O5/c1-11-7-18(25)20(27)19(26)9-15(11)21(28)23-17(12(2)24)8-13-10-22-16-6-4-3-5-14(13)16/h3-7,9-10,17,22H,8H2,1-2H3,(H,23,28)(H2,25,26,27)/t17-/m0/s1. The number of carbonyl (C=O) groups excluding carboxylic acids is 2. The minimum absolute atomic E-state index is 0.0000710. The van der Waals surface area contributed by atoms with E-state index in [1.54, 1.807) is 6.20 Å². The third-order valence-corrected chi connectivity index (χ3v) is 4.67. The number of fused-ring (bicyclic) bond motifs is 1. The fourth-order valence-electron chi connectivity index (χ4n) is 3.09. The van der Waals surface area contributed by atoms with Crippen molar-refractivity contribution in [1.29, 1.82) is 0 Å². The van der Waals surface area contributed by atoms with Crippen LogP contribution in [0.3, 0.4) is 0 Å². The molecule has 7 nitrogen and oxygen atoms in total. The molecule has 0 aliphatic heterocycles.